The zero-order chi connectivity index (χ0) is 13.1. The molecule has 1 aliphatic heterocycles. The monoisotopic (exact) mass is 252 g/mol. The summed E-state index contributed by atoms with van der Waals surface area (Å²) in [7, 11) is 2.92. The van der Waals surface area contributed by atoms with E-state index in [-0.39, 0.29) is 23.3 Å². The zero-order valence-corrected chi connectivity index (χ0v) is 10.7. The van der Waals surface area contributed by atoms with E-state index in [1.807, 2.05) is 6.92 Å². The summed E-state index contributed by atoms with van der Waals surface area (Å²) < 4.78 is 15.4. The smallest absolute Gasteiger partial charge is 0.246 e. The quantitative estimate of drug-likeness (QED) is 0.747. The second kappa shape index (κ2) is 5.30. The van der Waals surface area contributed by atoms with E-state index in [2.05, 4.69) is 9.97 Å². The third-order valence-corrected chi connectivity index (χ3v) is 3.00. The first kappa shape index (κ1) is 12.8. The number of hydrogen-bond acceptors (Lipinski definition) is 6. The number of Topliss-reactive ketones (excluding diaryl/α,β-unsaturated/α-hetero) is 1. The minimum Gasteiger partial charge on any atom is -0.480 e. The van der Waals surface area contributed by atoms with E-state index >= 15 is 0 Å². The van der Waals surface area contributed by atoms with Crippen LogP contribution in [0.5, 0.6) is 11.8 Å². The summed E-state index contributed by atoms with van der Waals surface area (Å²) in [5, 5.41) is 0. The summed E-state index contributed by atoms with van der Waals surface area (Å²) in [6.45, 7) is 2.59. The molecule has 0 radical (unpaired) electrons. The maximum atomic E-state index is 12.3. The highest BCUT2D eigenvalue weighted by Crippen LogP contribution is 2.26. The predicted molar refractivity (Wildman–Crippen MR) is 63.0 cm³/mol. The average Bonchev–Trinajstić information content (AvgIpc) is 2.83. The van der Waals surface area contributed by atoms with Crippen molar-refractivity contribution in [1.29, 1.82) is 0 Å². The lowest BCUT2D eigenvalue weighted by Crippen LogP contribution is -2.26. The summed E-state index contributed by atoms with van der Waals surface area (Å²) in [5.74, 6) is 0.476. The molecule has 0 N–H and O–H groups in total. The van der Waals surface area contributed by atoms with Gasteiger partial charge in [-0.25, -0.2) is 4.98 Å². The third-order valence-electron chi connectivity index (χ3n) is 3.00. The Morgan fingerprint density at radius 2 is 2.22 bits per heavy atom. The molecule has 0 aliphatic carbocycles. The normalized spacial score (nSPS) is 22.8. The Hall–Kier alpha value is -1.69. The number of ether oxygens (including phenoxy) is 3. The molecule has 6 nitrogen and oxygen atoms in total. The van der Waals surface area contributed by atoms with Crippen molar-refractivity contribution in [3.8, 4) is 11.8 Å². The lowest BCUT2D eigenvalue weighted by Gasteiger charge is -2.14. The number of hydrogen-bond donors (Lipinski definition) is 0. The molecule has 0 saturated carbocycles. The first-order valence-electron chi connectivity index (χ1n) is 5.78. The minimum absolute atomic E-state index is 0.169. The lowest BCUT2D eigenvalue weighted by atomic mass is 9.99. The van der Waals surface area contributed by atoms with Crippen LogP contribution in [-0.2, 0) is 4.74 Å². The van der Waals surface area contributed by atoms with Crippen LogP contribution in [0, 0.1) is 5.92 Å². The fraction of sp³-hybridized carbons (Fsp3) is 0.583. The largest absolute Gasteiger partial charge is 0.480 e. The first-order chi connectivity index (χ1) is 8.67. The van der Waals surface area contributed by atoms with Crippen molar-refractivity contribution in [2.75, 3.05) is 20.8 Å². The van der Waals surface area contributed by atoms with E-state index in [1.54, 1.807) is 0 Å². The number of rotatable bonds is 4. The van der Waals surface area contributed by atoms with Gasteiger partial charge in [0.15, 0.2) is 5.69 Å². The Balaban J connectivity index is 2.29. The average molecular weight is 252 g/mol. The molecule has 2 heterocycles. The predicted octanol–water partition coefficient (Wildman–Crippen LogP) is 1.10. The van der Waals surface area contributed by atoms with Gasteiger partial charge < -0.3 is 14.2 Å². The molecule has 98 valence electrons. The molecular formula is C12H16N2O4. The molecule has 2 unspecified atom stereocenters. The van der Waals surface area contributed by atoms with Crippen LogP contribution in [-0.4, -0.2) is 42.7 Å². The number of carbonyl (C=O) groups is 1. The van der Waals surface area contributed by atoms with Gasteiger partial charge in [0.05, 0.1) is 20.4 Å². The van der Waals surface area contributed by atoms with Crippen LogP contribution < -0.4 is 9.47 Å². The Morgan fingerprint density at radius 3 is 2.78 bits per heavy atom. The Kier molecular flexibility index (Phi) is 3.76. The third kappa shape index (κ3) is 2.28. The van der Waals surface area contributed by atoms with Gasteiger partial charge in [-0.3, -0.25) is 4.79 Å². The van der Waals surface area contributed by atoms with Crippen molar-refractivity contribution < 1.29 is 19.0 Å². The molecule has 1 aromatic rings. The van der Waals surface area contributed by atoms with Crippen molar-refractivity contribution in [2.24, 2.45) is 5.92 Å². The van der Waals surface area contributed by atoms with Crippen molar-refractivity contribution in [2.45, 2.75) is 19.4 Å². The highest BCUT2D eigenvalue weighted by atomic mass is 16.5. The summed E-state index contributed by atoms with van der Waals surface area (Å²) in [6.07, 6.45) is 1.82. The van der Waals surface area contributed by atoms with Crippen molar-refractivity contribution in [3.63, 3.8) is 0 Å². The summed E-state index contributed by atoms with van der Waals surface area (Å²) >= 11 is 0. The molecule has 1 saturated heterocycles. The molecule has 2 rings (SSSR count). The number of ketones is 1. The van der Waals surface area contributed by atoms with Crippen molar-refractivity contribution in [3.05, 3.63) is 11.9 Å². The van der Waals surface area contributed by atoms with Gasteiger partial charge in [0.1, 0.15) is 6.10 Å². The highest BCUT2D eigenvalue weighted by Gasteiger charge is 2.34. The van der Waals surface area contributed by atoms with Crippen LogP contribution in [0.2, 0.25) is 0 Å². The van der Waals surface area contributed by atoms with E-state index in [4.69, 9.17) is 14.2 Å². The van der Waals surface area contributed by atoms with Crippen LogP contribution in [0.4, 0.5) is 0 Å². The first-order valence-corrected chi connectivity index (χ1v) is 5.78. The zero-order valence-electron chi connectivity index (χ0n) is 10.7. The van der Waals surface area contributed by atoms with E-state index in [1.165, 1.54) is 20.4 Å². The van der Waals surface area contributed by atoms with Crippen LogP contribution in [0.3, 0.4) is 0 Å². The molecule has 0 bridgehead atoms. The SMILES string of the molecule is COc1cnc(C(=O)C2OCCC2C)c(OC)n1. The molecule has 1 aliphatic rings. The van der Waals surface area contributed by atoms with E-state index in [0.29, 0.717) is 12.5 Å². The maximum Gasteiger partial charge on any atom is 0.246 e. The second-order valence-electron chi connectivity index (χ2n) is 4.19. The molecule has 2 atom stereocenters. The van der Waals surface area contributed by atoms with Crippen LogP contribution in [0.15, 0.2) is 6.20 Å². The molecule has 1 fully saturated rings. The molecular weight excluding hydrogens is 236 g/mol. The molecule has 0 spiro atoms. The molecule has 1 aromatic heterocycles. The number of nitrogens with zero attached hydrogens (tertiary/aromatic N) is 2. The number of methoxy groups -OCH3 is 2. The van der Waals surface area contributed by atoms with Gasteiger partial charge in [-0.2, -0.15) is 4.98 Å². The number of carbonyl (C=O) groups excluding carboxylic acids is 1. The van der Waals surface area contributed by atoms with Gasteiger partial charge in [-0.15, -0.1) is 0 Å². The highest BCUT2D eigenvalue weighted by molar-refractivity contribution is 6.00. The van der Waals surface area contributed by atoms with Gasteiger partial charge in [-0.1, -0.05) is 6.92 Å². The molecule has 0 amide bonds. The van der Waals surface area contributed by atoms with Gasteiger partial charge in [-0.05, 0) is 12.3 Å². The van der Waals surface area contributed by atoms with Crippen molar-refractivity contribution in [1.82, 2.24) is 9.97 Å². The maximum absolute atomic E-state index is 12.3. The van der Waals surface area contributed by atoms with Gasteiger partial charge in [0, 0.05) is 6.61 Å². The van der Waals surface area contributed by atoms with Crippen LogP contribution in [0.1, 0.15) is 23.8 Å². The molecule has 18 heavy (non-hydrogen) atoms. The topological polar surface area (TPSA) is 70.5 Å². The number of aromatic nitrogens is 2. The van der Waals surface area contributed by atoms with Gasteiger partial charge in [0.2, 0.25) is 17.5 Å². The minimum atomic E-state index is -0.457. The Labute approximate surface area is 105 Å². The van der Waals surface area contributed by atoms with Crippen molar-refractivity contribution >= 4 is 5.78 Å². The summed E-state index contributed by atoms with van der Waals surface area (Å²) in [6, 6.07) is 0. The fourth-order valence-electron chi connectivity index (χ4n) is 1.93. The van der Waals surface area contributed by atoms with Gasteiger partial charge in [0.25, 0.3) is 0 Å². The molecule has 6 heteroatoms. The van der Waals surface area contributed by atoms with E-state index in [9.17, 15) is 4.79 Å². The van der Waals surface area contributed by atoms with E-state index < -0.39 is 6.10 Å². The Bertz CT molecular complexity index is 450. The van der Waals surface area contributed by atoms with Gasteiger partial charge >= 0.3 is 0 Å². The fourth-order valence-corrected chi connectivity index (χ4v) is 1.93. The van der Waals surface area contributed by atoms with Crippen LogP contribution in [0.25, 0.3) is 0 Å². The molecule has 0 aromatic carbocycles. The second-order valence-corrected chi connectivity index (χ2v) is 4.19. The van der Waals surface area contributed by atoms with Crippen LogP contribution >= 0.6 is 0 Å². The van der Waals surface area contributed by atoms with E-state index in [0.717, 1.165) is 6.42 Å². The standard InChI is InChI=1S/C12H16N2O4/c1-7-4-5-18-11(7)10(15)9-12(17-3)14-8(16-2)6-13-9/h6-7,11H,4-5H2,1-3H3. The summed E-state index contributed by atoms with van der Waals surface area (Å²) in [5.41, 5.74) is 0.192. The summed E-state index contributed by atoms with van der Waals surface area (Å²) in [4.78, 5) is 20.4. The lowest BCUT2D eigenvalue weighted by molar-refractivity contribution is 0.0570. The Morgan fingerprint density at radius 1 is 1.44 bits per heavy atom.